The van der Waals surface area contributed by atoms with Gasteiger partial charge in [0.25, 0.3) is 5.89 Å². The number of guanidine groups is 1. The van der Waals surface area contributed by atoms with E-state index in [0.29, 0.717) is 36.9 Å². The van der Waals surface area contributed by atoms with E-state index in [1.54, 1.807) is 12.5 Å². The number of aliphatic imine (C=N–C) groups is 1. The Labute approximate surface area is 211 Å². The van der Waals surface area contributed by atoms with Gasteiger partial charge in [-0.15, -0.1) is 24.0 Å². The molecule has 2 N–H and O–H groups in total. The largest absolute Gasteiger partial charge is 0.468 e. The molecule has 10 heteroatoms. The third kappa shape index (κ3) is 7.26. The minimum Gasteiger partial charge on any atom is -0.468 e. The molecule has 0 aliphatic carbocycles. The standard InChI is InChI=1S/C23H31N7O2.HI/c1-2-24-23(26-13-11-21-28-22(32-29-21)18-9-4-5-12-25-18)27-17-19(20-10-8-16-31-20)30-14-6-3-7-15-30;/h4-5,8-10,12,16,19H,2-3,6-7,11,13-15,17H2,1H3,(H2,24,26,27);1H. The highest BCUT2D eigenvalue weighted by atomic mass is 127. The van der Waals surface area contributed by atoms with Gasteiger partial charge in [0.1, 0.15) is 11.5 Å². The lowest BCUT2D eigenvalue weighted by molar-refractivity contribution is 0.150. The van der Waals surface area contributed by atoms with Crippen LogP contribution in [0.15, 0.2) is 56.7 Å². The van der Waals surface area contributed by atoms with Gasteiger partial charge in [-0.05, 0) is 57.1 Å². The summed E-state index contributed by atoms with van der Waals surface area (Å²) < 4.78 is 11.1. The Morgan fingerprint density at radius 1 is 1.15 bits per heavy atom. The number of rotatable bonds is 9. The smallest absolute Gasteiger partial charge is 0.276 e. The van der Waals surface area contributed by atoms with Crippen LogP contribution < -0.4 is 10.6 Å². The highest BCUT2D eigenvalue weighted by Gasteiger charge is 2.24. The van der Waals surface area contributed by atoms with Crippen molar-refractivity contribution in [2.24, 2.45) is 4.99 Å². The fraction of sp³-hybridized carbons (Fsp3) is 0.478. The van der Waals surface area contributed by atoms with Crippen LogP contribution in [0, 0.1) is 0 Å². The number of hydrogen-bond acceptors (Lipinski definition) is 7. The average Bonchev–Trinajstić information content (AvgIpc) is 3.53. The second-order valence-corrected chi connectivity index (χ2v) is 7.75. The molecule has 33 heavy (non-hydrogen) atoms. The van der Waals surface area contributed by atoms with Crippen LogP contribution in [0.1, 0.15) is 43.8 Å². The van der Waals surface area contributed by atoms with Crippen molar-refractivity contribution in [3.8, 4) is 11.6 Å². The van der Waals surface area contributed by atoms with Crippen LogP contribution in [0.2, 0.25) is 0 Å². The molecule has 1 aliphatic rings. The fourth-order valence-corrected chi connectivity index (χ4v) is 3.86. The van der Waals surface area contributed by atoms with Gasteiger partial charge in [0.05, 0.1) is 18.8 Å². The Balaban J connectivity index is 0.00000306. The molecule has 0 radical (unpaired) electrons. The zero-order valence-electron chi connectivity index (χ0n) is 18.9. The molecule has 178 valence electrons. The first-order chi connectivity index (χ1) is 15.8. The van der Waals surface area contributed by atoms with E-state index in [2.05, 4.69) is 37.6 Å². The van der Waals surface area contributed by atoms with Crippen LogP contribution in [-0.4, -0.2) is 58.7 Å². The summed E-state index contributed by atoms with van der Waals surface area (Å²) in [6.07, 6.45) is 7.82. The monoisotopic (exact) mass is 565 g/mol. The van der Waals surface area contributed by atoms with E-state index in [0.717, 1.165) is 31.4 Å². The van der Waals surface area contributed by atoms with Gasteiger partial charge < -0.3 is 19.6 Å². The average molecular weight is 565 g/mol. The SMILES string of the molecule is CCNC(=NCC(c1ccco1)N1CCCCC1)NCCc1noc(-c2ccccn2)n1.I. The van der Waals surface area contributed by atoms with Crippen molar-refractivity contribution < 1.29 is 8.94 Å². The van der Waals surface area contributed by atoms with Gasteiger partial charge in [-0.2, -0.15) is 4.98 Å². The van der Waals surface area contributed by atoms with Gasteiger partial charge in [-0.25, -0.2) is 0 Å². The van der Waals surface area contributed by atoms with Crippen LogP contribution in [0.5, 0.6) is 0 Å². The normalized spacial score (nSPS) is 15.6. The highest BCUT2D eigenvalue weighted by molar-refractivity contribution is 14.0. The number of nitrogens with zero attached hydrogens (tertiary/aromatic N) is 5. The zero-order valence-corrected chi connectivity index (χ0v) is 21.3. The Morgan fingerprint density at radius 3 is 2.76 bits per heavy atom. The Morgan fingerprint density at radius 2 is 2.03 bits per heavy atom. The van der Waals surface area contributed by atoms with Crippen LogP contribution in [0.3, 0.4) is 0 Å². The van der Waals surface area contributed by atoms with Crippen LogP contribution in [-0.2, 0) is 6.42 Å². The predicted molar refractivity (Wildman–Crippen MR) is 138 cm³/mol. The second-order valence-electron chi connectivity index (χ2n) is 7.75. The number of halogens is 1. The van der Waals surface area contributed by atoms with E-state index in [4.69, 9.17) is 13.9 Å². The molecular weight excluding hydrogens is 533 g/mol. The lowest BCUT2D eigenvalue weighted by Gasteiger charge is -2.32. The molecule has 1 unspecified atom stereocenters. The van der Waals surface area contributed by atoms with Gasteiger partial charge >= 0.3 is 0 Å². The van der Waals surface area contributed by atoms with Crippen molar-refractivity contribution in [3.05, 3.63) is 54.4 Å². The molecule has 0 spiro atoms. The molecule has 0 bridgehead atoms. The topological polar surface area (TPSA) is 105 Å². The summed E-state index contributed by atoms with van der Waals surface area (Å²) in [6, 6.07) is 9.75. The molecule has 0 amide bonds. The first-order valence-electron chi connectivity index (χ1n) is 11.4. The van der Waals surface area contributed by atoms with Gasteiger partial charge in [0, 0.05) is 25.7 Å². The van der Waals surface area contributed by atoms with Gasteiger partial charge in [0.15, 0.2) is 11.8 Å². The number of furan rings is 1. The Hall–Kier alpha value is -2.47. The summed E-state index contributed by atoms with van der Waals surface area (Å²) >= 11 is 0. The summed E-state index contributed by atoms with van der Waals surface area (Å²) in [6.45, 7) is 6.29. The van der Waals surface area contributed by atoms with Crippen molar-refractivity contribution >= 4 is 29.9 Å². The third-order valence-corrected chi connectivity index (χ3v) is 5.46. The van der Waals surface area contributed by atoms with Gasteiger partial charge in [0.2, 0.25) is 0 Å². The van der Waals surface area contributed by atoms with E-state index in [9.17, 15) is 0 Å². The molecule has 0 aromatic carbocycles. The molecule has 1 aliphatic heterocycles. The van der Waals surface area contributed by atoms with Crippen molar-refractivity contribution in [2.75, 3.05) is 32.7 Å². The van der Waals surface area contributed by atoms with E-state index in [1.807, 2.05) is 30.3 Å². The molecule has 0 saturated carbocycles. The van der Waals surface area contributed by atoms with E-state index in [-0.39, 0.29) is 30.0 Å². The number of piperidine rings is 1. The fourth-order valence-electron chi connectivity index (χ4n) is 3.86. The summed E-state index contributed by atoms with van der Waals surface area (Å²) in [4.78, 5) is 16.0. The summed E-state index contributed by atoms with van der Waals surface area (Å²) in [5.41, 5.74) is 0.677. The van der Waals surface area contributed by atoms with Crippen molar-refractivity contribution in [2.45, 2.75) is 38.6 Å². The molecule has 3 aromatic rings. The van der Waals surface area contributed by atoms with Gasteiger partial charge in [-0.3, -0.25) is 14.9 Å². The number of likely N-dealkylation sites (tertiary alicyclic amines) is 1. The number of pyridine rings is 1. The van der Waals surface area contributed by atoms with Gasteiger partial charge in [-0.1, -0.05) is 17.6 Å². The molecule has 3 aromatic heterocycles. The number of aromatic nitrogens is 3. The van der Waals surface area contributed by atoms with Crippen molar-refractivity contribution in [3.63, 3.8) is 0 Å². The first kappa shape index (κ1) is 25.2. The highest BCUT2D eigenvalue weighted by Crippen LogP contribution is 2.25. The molecule has 9 nitrogen and oxygen atoms in total. The maximum Gasteiger partial charge on any atom is 0.276 e. The predicted octanol–water partition coefficient (Wildman–Crippen LogP) is 3.67. The second kappa shape index (κ2) is 13.3. The third-order valence-electron chi connectivity index (χ3n) is 5.46. The van der Waals surface area contributed by atoms with E-state index in [1.165, 1.54) is 19.3 Å². The quantitative estimate of drug-likeness (QED) is 0.230. The van der Waals surface area contributed by atoms with Crippen molar-refractivity contribution in [1.29, 1.82) is 0 Å². The maximum absolute atomic E-state index is 5.74. The van der Waals surface area contributed by atoms with Crippen LogP contribution in [0.4, 0.5) is 0 Å². The summed E-state index contributed by atoms with van der Waals surface area (Å²) in [7, 11) is 0. The maximum atomic E-state index is 5.74. The lowest BCUT2D eigenvalue weighted by atomic mass is 10.1. The van der Waals surface area contributed by atoms with Crippen LogP contribution >= 0.6 is 24.0 Å². The molecule has 1 saturated heterocycles. The zero-order chi connectivity index (χ0) is 22.0. The molecule has 4 heterocycles. The summed E-state index contributed by atoms with van der Waals surface area (Å²) in [5, 5.41) is 10.8. The van der Waals surface area contributed by atoms with E-state index < -0.39 is 0 Å². The minimum atomic E-state index is 0. The molecule has 4 rings (SSSR count). The minimum absolute atomic E-state index is 0. The number of nitrogens with one attached hydrogen (secondary N) is 2. The number of hydrogen-bond donors (Lipinski definition) is 2. The first-order valence-corrected chi connectivity index (χ1v) is 11.4. The lowest BCUT2D eigenvalue weighted by Crippen LogP contribution is -2.40. The molecule has 1 atom stereocenters. The van der Waals surface area contributed by atoms with Crippen LogP contribution in [0.25, 0.3) is 11.6 Å². The molecular formula is C23H32IN7O2. The van der Waals surface area contributed by atoms with E-state index >= 15 is 0 Å². The van der Waals surface area contributed by atoms with Crippen molar-refractivity contribution in [1.82, 2.24) is 30.7 Å². The summed E-state index contributed by atoms with van der Waals surface area (Å²) in [5.74, 6) is 2.81. The Bertz CT molecular complexity index is 956. The molecule has 1 fully saturated rings. The Kier molecular flexibility index (Phi) is 10.1.